The second kappa shape index (κ2) is 9.04. The van der Waals surface area contributed by atoms with Crippen molar-refractivity contribution in [3.63, 3.8) is 0 Å². The molecule has 1 N–H and O–H groups in total. The first-order chi connectivity index (χ1) is 17.3. The third kappa shape index (κ3) is 4.81. The molecule has 1 amide bonds. The normalized spacial score (nSPS) is 26.3. The summed E-state index contributed by atoms with van der Waals surface area (Å²) in [7, 11) is 0. The summed E-state index contributed by atoms with van der Waals surface area (Å²) in [6.07, 6.45) is 1.70. The number of likely N-dealkylation sites (tertiary alicyclic amines) is 1. The Morgan fingerprint density at radius 1 is 1.19 bits per heavy atom. The molecule has 1 aliphatic heterocycles. The van der Waals surface area contributed by atoms with Crippen LogP contribution in [0.4, 0.5) is 9.18 Å². The van der Waals surface area contributed by atoms with Crippen LogP contribution in [0.15, 0.2) is 24.4 Å². The maximum absolute atomic E-state index is 15.8. The van der Waals surface area contributed by atoms with Crippen LogP contribution in [0.1, 0.15) is 75.5 Å². The fourth-order valence-electron chi connectivity index (χ4n) is 5.51. The maximum Gasteiger partial charge on any atom is 0.410 e. The predicted octanol–water partition coefficient (Wildman–Crippen LogP) is 4.91. The van der Waals surface area contributed by atoms with Crippen molar-refractivity contribution < 1.29 is 19.0 Å². The molecule has 9 heteroatoms. The Morgan fingerprint density at radius 2 is 1.92 bits per heavy atom. The molecule has 198 valence electrons. The van der Waals surface area contributed by atoms with Gasteiger partial charge in [-0.25, -0.2) is 23.8 Å². The molecule has 1 aromatic carbocycles. The van der Waals surface area contributed by atoms with E-state index in [1.165, 1.54) is 4.90 Å². The number of hydrogen-bond acceptors (Lipinski definition) is 6. The van der Waals surface area contributed by atoms with Crippen molar-refractivity contribution in [1.29, 1.82) is 0 Å². The van der Waals surface area contributed by atoms with Crippen LogP contribution in [-0.2, 0) is 10.2 Å². The Hall–Kier alpha value is -3.07. The highest BCUT2D eigenvalue weighted by atomic mass is 19.1. The Bertz CT molecular complexity index is 1340. The molecule has 1 saturated heterocycles. The fourth-order valence-corrected chi connectivity index (χ4v) is 5.51. The van der Waals surface area contributed by atoms with Crippen LogP contribution in [0, 0.1) is 13.8 Å². The van der Waals surface area contributed by atoms with Crippen molar-refractivity contribution in [3.8, 4) is 5.82 Å². The van der Waals surface area contributed by atoms with Gasteiger partial charge in [0.05, 0.1) is 24.4 Å². The second-order valence-electron chi connectivity index (χ2n) is 11.9. The van der Waals surface area contributed by atoms with Crippen LogP contribution in [-0.4, -0.2) is 66.8 Å². The number of halogens is 1. The average Bonchev–Trinajstić information content (AvgIpc) is 3.19. The van der Waals surface area contributed by atoms with Gasteiger partial charge in [0.1, 0.15) is 17.6 Å². The van der Waals surface area contributed by atoms with E-state index < -0.39 is 23.3 Å². The minimum Gasteiger partial charge on any atom is -0.444 e. The SMILES string of the molecule is Cc1nc(C2CC(O)C2)cc(-n2ncc3cc(C)c(C4(C)CCN(C(=O)OC(C)(C)C)CC4F)cc32)n1. The molecule has 1 saturated carbocycles. The molecule has 3 aromatic rings. The minimum atomic E-state index is -1.25. The van der Waals surface area contributed by atoms with Gasteiger partial charge in [-0.15, -0.1) is 0 Å². The lowest BCUT2D eigenvalue weighted by atomic mass is 9.71. The lowest BCUT2D eigenvalue weighted by Gasteiger charge is -2.43. The number of rotatable bonds is 3. The number of amides is 1. The highest BCUT2D eigenvalue weighted by Crippen LogP contribution is 2.41. The van der Waals surface area contributed by atoms with Gasteiger partial charge in [0.15, 0.2) is 5.82 Å². The topological polar surface area (TPSA) is 93.4 Å². The first-order valence-corrected chi connectivity index (χ1v) is 13.0. The number of piperidine rings is 1. The number of hydrogen-bond donors (Lipinski definition) is 1. The first-order valence-electron chi connectivity index (χ1n) is 13.0. The van der Waals surface area contributed by atoms with E-state index in [-0.39, 0.29) is 18.6 Å². The summed E-state index contributed by atoms with van der Waals surface area (Å²) in [6, 6.07) is 6.01. The lowest BCUT2D eigenvalue weighted by Crippen LogP contribution is -2.53. The Morgan fingerprint density at radius 3 is 2.57 bits per heavy atom. The molecule has 37 heavy (non-hydrogen) atoms. The predicted molar refractivity (Wildman–Crippen MR) is 139 cm³/mol. The zero-order chi connectivity index (χ0) is 26.7. The summed E-state index contributed by atoms with van der Waals surface area (Å²) in [4.78, 5) is 23.3. The van der Waals surface area contributed by atoms with Gasteiger partial charge < -0.3 is 14.7 Å². The molecule has 5 rings (SSSR count). The number of alkyl halides is 1. The number of carbonyl (C=O) groups is 1. The van der Waals surface area contributed by atoms with Crippen molar-refractivity contribution >= 4 is 17.0 Å². The molecule has 2 aromatic heterocycles. The number of fused-ring (bicyclic) bond motifs is 1. The highest BCUT2D eigenvalue weighted by Gasteiger charge is 2.44. The molecular weight excluding hydrogens is 473 g/mol. The van der Waals surface area contributed by atoms with E-state index in [0.717, 1.165) is 27.7 Å². The number of aryl methyl sites for hydroxylation is 2. The van der Waals surface area contributed by atoms with Crippen molar-refractivity contribution in [2.45, 2.75) is 90.0 Å². The summed E-state index contributed by atoms with van der Waals surface area (Å²) < 4.78 is 23.1. The van der Waals surface area contributed by atoms with Gasteiger partial charge in [-0.3, -0.25) is 0 Å². The molecule has 2 aliphatic rings. The number of benzene rings is 1. The van der Waals surface area contributed by atoms with Gasteiger partial charge in [0.25, 0.3) is 0 Å². The van der Waals surface area contributed by atoms with Gasteiger partial charge in [-0.05, 0) is 77.1 Å². The van der Waals surface area contributed by atoms with Gasteiger partial charge in [0.2, 0.25) is 0 Å². The molecule has 0 spiro atoms. The molecular formula is C28H36FN5O3. The number of aliphatic hydroxyl groups is 1. The molecule has 8 nitrogen and oxygen atoms in total. The Kier molecular flexibility index (Phi) is 6.25. The van der Waals surface area contributed by atoms with Gasteiger partial charge in [-0.2, -0.15) is 5.10 Å². The van der Waals surface area contributed by atoms with Crippen molar-refractivity contribution in [1.82, 2.24) is 24.6 Å². The number of ether oxygens (including phenoxy) is 1. The summed E-state index contributed by atoms with van der Waals surface area (Å²) in [5.41, 5.74) is 2.27. The van der Waals surface area contributed by atoms with E-state index >= 15 is 4.39 Å². The lowest BCUT2D eigenvalue weighted by molar-refractivity contribution is 0.00179. The molecule has 2 fully saturated rings. The average molecular weight is 510 g/mol. The summed E-state index contributed by atoms with van der Waals surface area (Å²) in [6.45, 7) is 11.6. The maximum atomic E-state index is 15.8. The second-order valence-corrected chi connectivity index (χ2v) is 11.9. The first kappa shape index (κ1) is 25.6. The van der Waals surface area contributed by atoms with Crippen molar-refractivity contribution in [2.24, 2.45) is 0 Å². The van der Waals surface area contributed by atoms with Gasteiger partial charge >= 0.3 is 6.09 Å². The van der Waals surface area contributed by atoms with E-state index in [9.17, 15) is 9.90 Å². The van der Waals surface area contributed by atoms with Crippen LogP contribution < -0.4 is 0 Å². The largest absolute Gasteiger partial charge is 0.444 e. The molecule has 2 atom stereocenters. The number of carbonyl (C=O) groups excluding carboxylic acids is 1. The molecule has 3 heterocycles. The smallest absolute Gasteiger partial charge is 0.410 e. The summed E-state index contributed by atoms with van der Waals surface area (Å²) in [5, 5.41) is 15.3. The third-order valence-electron chi connectivity index (χ3n) is 7.75. The highest BCUT2D eigenvalue weighted by molar-refractivity contribution is 5.82. The number of aromatic nitrogens is 4. The van der Waals surface area contributed by atoms with Crippen molar-refractivity contribution in [3.05, 3.63) is 47.0 Å². The standard InChI is InChI=1S/C28H36FN5O3/c1-16-9-19-14-30-34(25-13-22(31-17(2)32-25)18-10-20(35)11-18)23(19)12-21(16)28(6)7-8-33(15-24(28)29)26(36)37-27(3,4)5/h9,12-14,18,20,24,35H,7-8,10-11,15H2,1-6H3. The fraction of sp³-hybridized carbons (Fsp3) is 0.571. The van der Waals surface area contributed by atoms with Crippen LogP contribution >= 0.6 is 0 Å². The molecule has 1 aliphatic carbocycles. The van der Waals surface area contributed by atoms with Gasteiger partial charge in [0, 0.05) is 35.0 Å². The van der Waals surface area contributed by atoms with E-state index in [1.807, 2.05) is 59.7 Å². The zero-order valence-corrected chi connectivity index (χ0v) is 22.5. The number of nitrogens with zero attached hydrogens (tertiary/aromatic N) is 5. The minimum absolute atomic E-state index is 0.0101. The summed E-state index contributed by atoms with van der Waals surface area (Å²) >= 11 is 0. The van der Waals surface area contributed by atoms with Crippen LogP contribution in [0.2, 0.25) is 0 Å². The quantitative estimate of drug-likeness (QED) is 0.539. The van der Waals surface area contributed by atoms with Crippen LogP contribution in [0.25, 0.3) is 16.7 Å². The summed E-state index contributed by atoms with van der Waals surface area (Å²) in [5.74, 6) is 1.53. The monoisotopic (exact) mass is 509 g/mol. The van der Waals surface area contributed by atoms with E-state index in [0.29, 0.717) is 37.4 Å². The zero-order valence-electron chi connectivity index (χ0n) is 22.5. The van der Waals surface area contributed by atoms with Crippen molar-refractivity contribution in [2.75, 3.05) is 13.1 Å². The Labute approximate surface area is 216 Å². The number of aliphatic hydroxyl groups excluding tert-OH is 1. The van der Waals surface area contributed by atoms with Gasteiger partial charge in [-0.1, -0.05) is 6.92 Å². The molecule has 0 bridgehead atoms. The Balaban J connectivity index is 1.47. The van der Waals surface area contributed by atoms with E-state index in [4.69, 9.17) is 4.74 Å². The third-order valence-corrected chi connectivity index (χ3v) is 7.75. The van der Waals surface area contributed by atoms with E-state index in [1.54, 1.807) is 10.9 Å². The van der Waals surface area contributed by atoms with Crippen LogP contribution in [0.5, 0.6) is 0 Å². The molecule has 0 radical (unpaired) electrons. The van der Waals surface area contributed by atoms with E-state index in [2.05, 4.69) is 15.1 Å². The molecule has 2 unspecified atom stereocenters. The van der Waals surface area contributed by atoms with Crippen LogP contribution in [0.3, 0.4) is 0 Å².